The summed E-state index contributed by atoms with van der Waals surface area (Å²) in [6, 6.07) is 7.59. The van der Waals surface area contributed by atoms with Crippen LogP contribution in [0.15, 0.2) is 30.5 Å². The van der Waals surface area contributed by atoms with Crippen molar-refractivity contribution in [3.05, 3.63) is 35.5 Å². The fraction of sp³-hybridized carbons (Fsp3) is 0.435. The van der Waals surface area contributed by atoms with E-state index < -0.39 is 0 Å². The highest BCUT2D eigenvalue weighted by Gasteiger charge is 2.39. The van der Waals surface area contributed by atoms with Gasteiger partial charge in [0.2, 0.25) is 5.65 Å². The number of benzene rings is 1. The van der Waals surface area contributed by atoms with Gasteiger partial charge in [0.25, 0.3) is 0 Å². The molecule has 5 rings (SSSR count). The molecule has 4 heterocycles. The third kappa shape index (κ3) is 5.02. The Bertz CT molecular complexity index is 1300. The van der Waals surface area contributed by atoms with E-state index in [1.165, 1.54) is 0 Å². The van der Waals surface area contributed by atoms with E-state index in [0.29, 0.717) is 22.4 Å². The van der Waals surface area contributed by atoms with Crippen LogP contribution in [0.1, 0.15) is 51.6 Å². The largest absolute Gasteiger partial charge is 0.507 e. The Morgan fingerprint density at radius 2 is 1.74 bits per heavy atom. The molecule has 0 atom stereocenters. The van der Waals surface area contributed by atoms with E-state index in [0.717, 1.165) is 28.3 Å². The summed E-state index contributed by atoms with van der Waals surface area (Å²) < 4.78 is 1.91. The van der Waals surface area contributed by atoms with E-state index in [-0.39, 0.29) is 47.7 Å². The summed E-state index contributed by atoms with van der Waals surface area (Å²) in [5, 5.41) is 33.0. The molecule has 0 spiro atoms. The number of rotatable bonds is 3. The molecule has 1 aromatic carbocycles. The Morgan fingerprint density at radius 3 is 2.35 bits per heavy atom. The smallest absolute Gasteiger partial charge is 0.201 e. The lowest BCUT2D eigenvalue weighted by molar-refractivity contribution is 0.127. The van der Waals surface area contributed by atoms with Crippen molar-refractivity contribution >= 4 is 47.3 Å². The summed E-state index contributed by atoms with van der Waals surface area (Å²) in [4.78, 5) is 5.30. The molecule has 0 unspecified atom stereocenters. The van der Waals surface area contributed by atoms with Crippen molar-refractivity contribution < 1.29 is 5.11 Å². The molecule has 2 N–H and O–H groups in total. The van der Waals surface area contributed by atoms with Gasteiger partial charge in [0.15, 0.2) is 0 Å². The van der Waals surface area contributed by atoms with Crippen LogP contribution in [0.5, 0.6) is 5.75 Å². The van der Waals surface area contributed by atoms with Crippen molar-refractivity contribution in [1.82, 2.24) is 35.5 Å². The van der Waals surface area contributed by atoms with Crippen LogP contribution in [-0.4, -0.2) is 46.4 Å². The van der Waals surface area contributed by atoms with Crippen LogP contribution in [0.2, 0.25) is 0 Å². The number of thiazole rings is 1. The lowest BCUT2D eigenvalue weighted by Gasteiger charge is -2.46. The normalized spacial score (nSPS) is 17.2. The van der Waals surface area contributed by atoms with Crippen LogP contribution < -0.4 is 5.32 Å². The van der Waals surface area contributed by atoms with Crippen LogP contribution in [0.4, 0.5) is 0 Å². The lowest BCUT2D eigenvalue weighted by atomic mass is 9.80. The molecule has 0 amide bonds. The van der Waals surface area contributed by atoms with E-state index in [1.807, 2.05) is 36.0 Å². The first-order valence-corrected chi connectivity index (χ1v) is 11.6. The summed E-state index contributed by atoms with van der Waals surface area (Å²) in [6.45, 7) is 10.8. The maximum absolute atomic E-state index is 10.7. The highest BCUT2D eigenvalue weighted by atomic mass is 35.5. The number of aryl methyl sites for hydroxylation is 1. The standard InChI is InChI=1S/C23H27N7OS.2ClH/c1-13-24-12-20(32-13)14-6-7-16(19(31)8-14)17-9-18-21(27-25-17)30(29-26-18)15-10-22(2,3)28-23(4,5)11-15;;/h6-9,12,15,28,31H,10-11H2,1-5H3;2*1H. The molecule has 8 nitrogen and oxygen atoms in total. The third-order valence-electron chi connectivity index (χ3n) is 5.91. The number of piperidine rings is 1. The number of halogens is 2. The summed E-state index contributed by atoms with van der Waals surface area (Å²) >= 11 is 1.59. The molecule has 11 heteroatoms. The Labute approximate surface area is 215 Å². The molecule has 3 aromatic heterocycles. The molecule has 34 heavy (non-hydrogen) atoms. The molecule has 1 aliphatic heterocycles. The van der Waals surface area contributed by atoms with Crippen LogP contribution in [0.25, 0.3) is 32.9 Å². The minimum atomic E-state index is -0.0117. The number of nitrogens with one attached hydrogen (secondary N) is 1. The minimum Gasteiger partial charge on any atom is -0.507 e. The predicted molar refractivity (Wildman–Crippen MR) is 140 cm³/mol. The molecular formula is C23H29Cl2N7OS. The fourth-order valence-corrected chi connectivity index (χ4v) is 5.74. The van der Waals surface area contributed by atoms with Gasteiger partial charge in [-0.3, -0.25) is 0 Å². The molecule has 0 bridgehead atoms. The molecular weight excluding hydrogens is 493 g/mol. The zero-order chi connectivity index (χ0) is 22.7. The number of fused-ring (bicyclic) bond motifs is 1. The second-order valence-corrected chi connectivity index (χ2v) is 11.1. The van der Waals surface area contributed by atoms with Gasteiger partial charge in [0, 0.05) is 22.8 Å². The van der Waals surface area contributed by atoms with Crippen molar-refractivity contribution in [2.75, 3.05) is 0 Å². The maximum atomic E-state index is 10.7. The van der Waals surface area contributed by atoms with Gasteiger partial charge < -0.3 is 10.4 Å². The van der Waals surface area contributed by atoms with Gasteiger partial charge in [0.1, 0.15) is 11.3 Å². The third-order valence-corrected chi connectivity index (χ3v) is 6.88. The maximum Gasteiger partial charge on any atom is 0.201 e. The van der Waals surface area contributed by atoms with E-state index >= 15 is 0 Å². The fourth-order valence-electron chi connectivity index (χ4n) is 4.97. The number of phenolic OH excluding ortho intramolecular Hbond substituents is 1. The predicted octanol–water partition coefficient (Wildman–Crippen LogP) is 5.35. The molecule has 1 saturated heterocycles. The van der Waals surface area contributed by atoms with E-state index in [9.17, 15) is 5.11 Å². The SMILES string of the molecule is Cc1ncc(-c2ccc(-c3cc4nnn(C5CC(C)(C)NC(C)(C)C5)c4nn3)c(O)c2)s1.Cl.Cl. The molecule has 1 aliphatic rings. The average Bonchev–Trinajstić information content (AvgIpc) is 3.31. The summed E-state index contributed by atoms with van der Waals surface area (Å²) in [5.41, 5.74) is 3.43. The second kappa shape index (κ2) is 9.37. The van der Waals surface area contributed by atoms with Gasteiger partial charge in [-0.05, 0) is 71.2 Å². The van der Waals surface area contributed by atoms with Crippen LogP contribution in [0.3, 0.4) is 0 Å². The topological polar surface area (TPSA) is 102 Å². The van der Waals surface area contributed by atoms with Gasteiger partial charge in [-0.1, -0.05) is 11.3 Å². The summed E-state index contributed by atoms with van der Waals surface area (Å²) in [7, 11) is 0. The number of nitrogens with zero attached hydrogens (tertiary/aromatic N) is 6. The number of aromatic hydroxyl groups is 1. The first kappa shape index (κ1) is 26.3. The zero-order valence-corrected chi connectivity index (χ0v) is 22.2. The molecule has 0 radical (unpaired) electrons. The van der Waals surface area contributed by atoms with Crippen LogP contribution >= 0.6 is 36.2 Å². The van der Waals surface area contributed by atoms with Crippen molar-refractivity contribution in [3.63, 3.8) is 0 Å². The zero-order valence-electron chi connectivity index (χ0n) is 19.7. The van der Waals surface area contributed by atoms with Crippen molar-refractivity contribution in [3.8, 4) is 27.4 Å². The highest BCUT2D eigenvalue weighted by Crippen LogP contribution is 2.38. The van der Waals surface area contributed by atoms with Gasteiger partial charge in [-0.2, -0.15) is 0 Å². The number of hydrogen-bond donors (Lipinski definition) is 2. The monoisotopic (exact) mass is 521 g/mol. The first-order chi connectivity index (χ1) is 15.1. The Morgan fingerprint density at radius 1 is 1.03 bits per heavy atom. The van der Waals surface area contributed by atoms with Gasteiger partial charge in [-0.25, -0.2) is 9.67 Å². The average molecular weight is 523 g/mol. The van der Waals surface area contributed by atoms with Crippen molar-refractivity contribution in [1.29, 1.82) is 0 Å². The number of phenols is 1. The molecule has 0 aliphatic carbocycles. The second-order valence-electron chi connectivity index (χ2n) is 9.90. The van der Waals surface area contributed by atoms with Gasteiger partial charge in [0.05, 0.1) is 21.6 Å². The van der Waals surface area contributed by atoms with Crippen LogP contribution in [0, 0.1) is 6.92 Å². The van der Waals surface area contributed by atoms with Crippen LogP contribution in [-0.2, 0) is 0 Å². The Balaban J connectivity index is 0.00000162. The molecule has 182 valence electrons. The Hall–Kier alpha value is -2.33. The molecule has 0 saturated carbocycles. The molecule has 1 fully saturated rings. The summed E-state index contributed by atoms with van der Waals surface area (Å²) in [6.07, 6.45) is 3.68. The minimum absolute atomic E-state index is 0. The highest BCUT2D eigenvalue weighted by molar-refractivity contribution is 7.15. The number of hydrogen-bond acceptors (Lipinski definition) is 8. The van der Waals surface area contributed by atoms with E-state index in [1.54, 1.807) is 17.4 Å². The quantitative estimate of drug-likeness (QED) is 0.374. The van der Waals surface area contributed by atoms with Gasteiger partial charge in [-0.15, -0.1) is 51.4 Å². The van der Waals surface area contributed by atoms with Crippen molar-refractivity contribution in [2.24, 2.45) is 0 Å². The van der Waals surface area contributed by atoms with E-state index in [4.69, 9.17) is 0 Å². The van der Waals surface area contributed by atoms with Crippen molar-refractivity contribution in [2.45, 2.75) is 64.6 Å². The lowest BCUT2D eigenvalue weighted by Crippen LogP contribution is -2.58. The molecule has 4 aromatic rings. The van der Waals surface area contributed by atoms with Gasteiger partial charge >= 0.3 is 0 Å². The Kier molecular flexibility index (Phi) is 7.24. The summed E-state index contributed by atoms with van der Waals surface area (Å²) in [5.74, 6) is 0.149. The number of aromatic nitrogens is 6. The van der Waals surface area contributed by atoms with E-state index in [2.05, 4.69) is 58.5 Å². The first-order valence-electron chi connectivity index (χ1n) is 10.7.